The standard InChI is InChI=1S/C16H12Cl2N2O4S/c17-10-7-11(18)9-12(8-10)19-25(23,24)14-3-1-13(2-4-14)20-15(21)5-6-16(20)22/h1-4,7-9,19H,5-6H2. The maximum absolute atomic E-state index is 12.4. The van der Waals surface area contributed by atoms with Gasteiger partial charge in [0.1, 0.15) is 0 Å². The zero-order valence-electron chi connectivity index (χ0n) is 12.7. The predicted molar refractivity (Wildman–Crippen MR) is 95.4 cm³/mol. The second-order valence-corrected chi connectivity index (χ2v) is 7.94. The van der Waals surface area contributed by atoms with Crippen molar-refractivity contribution in [2.24, 2.45) is 0 Å². The molecule has 0 spiro atoms. The van der Waals surface area contributed by atoms with Crippen LogP contribution in [0.4, 0.5) is 11.4 Å². The summed E-state index contributed by atoms with van der Waals surface area (Å²) in [6.45, 7) is 0. The van der Waals surface area contributed by atoms with Crippen molar-refractivity contribution in [1.82, 2.24) is 0 Å². The Labute approximate surface area is 154 Å². The number of nitrogens with zero attached hydrogens (tertiary/aromatic N) is 1. The lowest BCUT2D eigenvalue weighted by Crippen LogP contribution is -2.28. The second kappa shape index (κ2) is 6.67. The Morgan fingerprint density at radius 3 is 1.92 bits per heavy atom. The van der Waals surface area contributed by atoms with Gasteiger partial charge in [-0.05, 0) is 42.5 Å². The van der Waals surface area contributed by atoms with Crippen LogP contribution in [0.15, 0.2) is 47.4 Å². The highest BCUT2D eigenvalue weighted by Crippen LogP contribution is 2.27. The van der Waals surface area contributed by atoms with Gasteiger partial charge in [0, 0.05) is 22.9 Å². The third-order valence-corrected chi connectivity index (χ3v) is 5.41. The first-order valence-electron chi connectivity index (χ1n) is 7.21. The summed E-state index contributed by atoms with van der Waals surface area (Å²) in [7, 11) is -3.87. The highest BCUT2D eigenvalue weighted by atomic mass is 35.5. The minimum Gasteiger partial charge on any atom is -0.280 e. The number of benzene rings is 2. The highest BCUT2D eigenvalue weighted by Gasteiger charge is 2.30. The van der Waals surface area contributed by atoms with Crippen molar-refractivity contribution >= 4 is 56.4 Å². The van der Waals surface area contributed by atoms with Gasteiger partial charge in [-0.2, -0.15) is 0 Å². The van der Waals surface area contributed by atoms with Crippen LogP contribution >= 0.6 is 23.2 Å². The summed E-state index contributed by atoms with van der Waals surface area (Å²) in [6, 6.07) is 9.83. The van der Waals surface area contributed by atoms with E-state index in [0.717, 1.165) is 4.90 Å². The molecule has 2 aromatic rings. The van der Waals surface area contributed by atoms with Gasteiger partial charge >= 0.3 is 0 Å². The molecule has 1 aliphatic heterocycles. The number of sulfonamides is 1. The number of rotatable bonds is 4. The van der Waals surface area contributed by atoms with Gasteiger partial charge in [-0.25, -0.2) is 8.42 Å². The summed E-state index contributed by atoms with van der Waals surface area (Å²) in [6.07, 6.45) is 0.325. The summed E-state index contributed by atoms with van der Waals surface area (Å²) in [4.78, 5) is 24.5. The molecule has 9 heteroatoms. The van der Waals surface area contributed by atoms with Crippen molar-refractivity contribution in [2.75, 3.05) is 9.62 Å². The van der Waals surface area contributed by atoms with Crippen LogP contribution < -0.4 is 9.62 Å². The topological polar surface area (TPSA) is 83.6 Å². The molecule has 0 saturated carbocycles. The molecule has 1 saturated heterocycles. The number of carbonyl (C=O) groups is 2. The van der Waals surface area contributed by atoms with Gasteiger partial charge in [-0.1, -0.05) is 23.2 Å². The van der Waals surface area contributed by atoms with Crippen molar-refractivity contribution in [3.63, 3.8) is 0 Å². The maximum atomic E-state index is 12.4. The van der Waals surface area contributed by atoms with Gasteiger partial charge in [0.25, 0.3) is 10.0 Å². The van der Waals surface area contributed by atoms with Gasteiger partial charge in [0.2, 0.25) is 11.8 Å². The Balaban J connectivity index is 1.85. The number of halogens is 2. The minimum absolute atomic E-state index is 0.0218. The second-order valence-electron chi connectivity index (χ2n) is 5.38. The zero-order chi connectivity index (χ0) is 18.2. The first-order chi connectivity index (χ1) is 11.8. The van der Waals surface area contributed by atoms with E-state index in [-0.39, 0.29) is 35.2 Å². The third kappa shape index (κ3) is 3.78. The van der Waals surface area contributed by atoms with Crippen molar-refractivity contribution in [3.8, 4) is 0 Å². The number of hydrogen-bond donors (Lipinski definition) is 1. The van der Waals surface area contributed by atoms with Crippen LogP contribution in [0.2, 0.25) is 10.0 Å². The summed E-state index contributed by atoms with van der Waals surface area (Å²) in [5.41, 5.74) is 0.573. The van der Waals surface area contributed by atoms with E-state index in [4.69, 9.17) is 23.2 Å². The van der Waals surface area contributed by atoms with E-state index in [0.29, 0.717) is 15.7 Å². The monoisotopic (exact) mass is 398 g/mol. The first kappa shape index (κ1) is 17.7. The van der Waals surface area contributed by atoms with E-state index >= 15 is 0 Å². The average Bonchev–Trinajstić information content (AvgIpc) is 2.85. The molecule has 1 heterocycles. The third-order valence-electron chi connectivity index (χ3n) is 3.57. The van der Waals surface area contributed by atoms with Crippen LogP contribution in [0.25, 0.3) is 0 Å². The Bertz CT molecular complexity index is 922. The number of anilines is 2. The average molecular weight is 399 g/mol. The van der Waals surface area contributed by atoms with Crippen molar-refractivity contribution in [3.05, 3.63) is 52.5 Å². The van der Waals surface area contributed by atoms with Crippen molar-refractivity contribution in [1.29, 1.82) is 0 Å². The summed E-state index contributed by atoms with van der Waals surface area (Å²) < 4.78 is 27.3. The number of imide groups is 1. The first-order valence-corrected chi connectivity index (χ1v) is 9.45. The van der Waals surface area contributed by atoms with E-state index in [1.807, 2.05) is 0 Å². The van der Waals surface area contributed by atoms with Crippen molar-refractivity contribution < 1.29 is 18.0 Å². The molecule has 3 rings (SSSR count). The molecule has 0 aromatic heterocycles. The quantitative estimate of drug-likeness (QED) is 0.799. The van der Waals surface area contributed by atoms with E-state index in [2.05, 4.69) is 4.72 Å². The van der Waals surface area contributed by atoms with Crippen LogP contribution in [0.3, 0.4) is 0 Å². The SMILES string of the molecule is O=C1CCC(=O)N1c1ccc(S(=O)(=O)Nc2cc(Cl)cc(Cl)c2)cc1. The van der Waals surface area contributed by atoms with Gasteiger partial charge in [0.15, 0.2) is 0 Å². The highest BCUT2D eigenvalue weighted by molar-refractivity contribution is 7.92. The molecule has 1 aliphatic rings. The Morgan fingerprint density at radius 1 is 0.880 bits per heavy atom. The Kier molecular flexibility index (Phi) is 4.73. The lowest BCUT2D eigenvalue weighted by molar-refractivity contribution is -0.121. The summed E-state index contributed by atoms with van der Waals surface area (Å²) in [5, 5.41) is 0.596. The van der Waals surface area contributed by atoms with Gasteiger partial charge < -0.3 is 0 Å². The molecule has 0 aliphatic carbocycles. The lowest BCUT2D eigenvalue weighted by Gasteiger charge is -2.14. The van der Waals surface area contributed by atoms with Gasteiger partial charge in [-0.3, -0.25) is 19.2 Å². The number of nitrogens with one attached hydrogen (secondary N) is 1. The number of carbonyl (C=O) groups excluding carboxylic acids is 2. The van der Waals surface area contributed by atoms with E-state index in [1.165, 1.54) is 42.5 Å². The maximum Gasteiger partial charge on any atom is 0.261 e. The Morgan fingerprint density at radius 2 is 1.40 bits per heavy atom. The molecule has 0 unspecified atom stereocenters. The lowest BCUT2D eigenvalue weighted by atomic mass is 10.3. The minimum atomic E-state index is -3.87. The van der Waals surface area contributed by atoms with Crippen LogP contribution in [-0.4, -0.2) is 20.2 Å². The summed E-state index contributed by atoms with van der Waals surface area (Å²) in [5.74, 6) is -0.598. The predicted octanol–water partition coefficient (Wildman–Crippen LogP) is 3.45. The van der Waals surface area contributed by atoms with Crippen LogP contribution in [0, 0.1) is 0 Å². The molecule has 130 valence electrons. The largest absolute Gasteiger partial charge is 0.280 e. The van der Waals surface area contributed by atoms with Gasteiger partial charge in [-0.15, -0.1) is 0 Å². The fourth-order valence-corrected chi connectivity index (χ4v) is 4.03. The molecule has 2 amide bonds. The van der Waals surface area contributed by atoms with E-state index < -0.39 is 10.0 Å². The molecular formula is C16H12Cl2N2O4S. The molecule has 1 N–H and O–H groups in total. The zero-order valence-corrected chi connectivity index (χ0v) is 15.0. The molecule has 2 aromatic carbocycles. The number of hydrogen-bond acceptors (Lipinski definition) is 4. The molecular weight excluding hydrogens is 387 g/mol. The smallest absolute Gasteiger partial charge is 0.261 e. The molecule has 0 bridgehead atoms. The van der Waals surface area contributed by atoms with Crippen LogP contribution in [-0.2, 0) is 19.6 Å². The van der Waals surface area contributed by atoms with Crippen LogP contribution in [0.5, 0.6) is 0 Å². The van der Waals surface area contributed by atoms with Crippen LogP contribution in [0.1, 0.15) is 12.8 Å². The fraction of sp³-hybridized carbons (Fsp3) is 0.125. The Hall–Kier alpha value is -2.09. The molecule has 0 radical (unpaired) electrons. The normalized spacial score (nSPS) is 14.9. The molecule has 1 fully saturated rings. The van der Waals surface area contributed by atoms with Crippen molar-refractivity contribution in [2.45, 2.75) is 17.7 Å². The molecule has 0 atom stereocenters. The summed E-state index contributed by atoms with van der Waals surface area (Å²) >= 11 is 11.7. The van der Waals surface area contributed by atoms with E-state index in [1.54, 1.807) is 0 Å². The van der Waals surface area contributed by atoms with E-state index in [9.17, 15) is 18.0 Å². The molecule has 25 heavy (non-hydrogen) atoms. The van der Waals surface area contributed by atoms with Gasteiger partial charge in [0.05, 0.1) is 16.3 Å². The fourth-order valence-electron chi connectivity index (χ4n) is 2.47. The molecule has 6 nitrogen and oxygen atoms in total. The number of amides is 2.